The number of likely N-dealkylation sites (tertiary alicyclic amines) is 1. The zero-order valence-electron chi connectivity index (χ0n) is 22.0. The summed E-state index contributed by atoms with van der Waals surface area (Å²) in [6.07, 6.45) is 4.22. The normalized spacial score (nSPS) is 21.6. The Hall–Kier alpha value is -3.20. The molecule has 39 heavy (non-hydrogen) atoms. The SMILES string of the molecule is O=C(O)c1ccc(CN2CCC(CN[C@@H]3C[C@H]3c3ccc4c(c3)CCN4S(=O)(=O)c3ccccc3)CC2)cc1. The van der Waals surface area contributed by atoms with E-state index in [1.54, 1.807) is 40.7 Å². The molecule has 0 unspecified atom stereocenters. The number of nitrogens with one attached hydrogen (secondary N) is 1. The maximum absolute atomic E-state index is 13.2. The number of carboxylic acids is 1. The van der Waals surface area contributed by atoms with E-state index in [0.717, 1.165) is 55.8 Å². The van der Waals surface area contributed by atoms with Crippen molar-refractivity contribution in [3.05, 3.63) is 95.1 Å². The molecule has 2 heterocycles. The molecule has 8 heteroatoms. The standard InChI is InChI=1S/C31H35N3O4S/c35-31(36)24-8-6-23(7-9-24)21-33-15-12-22(13-16-33)20-32-29-19-28(29)25-10-11-30-26(18-25)14-17-34(30)39(37,38)27-4-2-1-3-5-27/h1-11,18,22,28-29,32H,12-17,19-21H2,(H,35,36)/t28-,29+/m0/s1. The Morgan fingerprint density at radius 1 is 0.949 bits per heavy atom. The van der Waals surface area contributed by atoms with Crippen molar-refractivity contribution in [3.63, 3.8) is 0 Å². The van der Waals surface area contributed by atoms with Gasteiger partial charge in [-0.2, -0.15) is 0 Å². The number of fused-ring (bicyclic) bond motifs is 1. The smallest absolute Gasteiger partial charge is 0.335 e. The van der Waals surface area contributed by atoms with Gasteiger partial charge in [0.15, 0.2) is 0 Å². The number of rotatable bonds is 9. The van der Waals surface area contributed by atoms with Crippen LogP contribution in [0.1, 0.15) is 52.2 Å². The third-order valence-corrected chi connectivity index (χ3v) is 10.3. The molecule has 1 saturated carbocycles. The molecule has 0 aromatic heterocycles. The molecule has 0 bridgehead atoms. The van der Waals surface area contributed by atoms with E-state index in [4.69, 9.17) is 5.11 Å². The van der Waals surface area contributed by atoms with Crippen LogP contribution in [0, 0.1) is 5.92 Å². The highest BCUT2D eigenvalue weighted by molar-refractivity contribution is 7.92. The molecule has 2 atom stereocenters. The molecule has 7 nitrogen and oxygen atoms in total. The molecule has 6 rings (SSSR count). The first-order valence-corrected chi connectivity index (χ1v) is 15.3. The monoisotopic (exact) mass is 545 g/mol. The number of benzene rings is 3. The van der Waals surface area contributed by atoms with E-state index in [9.17, 15) is 13.2 Å². The average Bonchev–Trinajstić information content (AvgIpc) is 3.61. The van der Waals surface area contributed by atoms with Crippen LogP contribution in [0.3, 0.4) is 0 Å². The van der Waals surface area contributed by atoms with Crippen molar-refractivity contribution in [2.24, 2.45) is 5.92 Å². The zero-order valence-corrected chi connectivity index (χ0v) is 22.8. The number of piperidine rings is 1. The summed E-state index contributed by atoms with van der Waals surface area (Å²) in [6, 6.07) is 22.7. The van der Waals surface area contributed by atoms with E-state index in [1.807, 2.05) is 24.3 Å². The number of hydrogen-bond donors (Lipinski definition) is 2. The van der Waals surface area contributed by atoms with Gasteiger partial charge in [-0.15, -0.1) is 0 Å². The fourth-order valence-corrected chi connectivity index (χ4v) is 7.58. The van der Waals surface area contributed by atoms with Gasteiger partial charge in [0, 0.05) is 25.0 Å². The van der Waals surface area contributed by atoms with Crippen LogP contribution < -0.4 is 9.62 Å². The van der Waals surface area contributed by atoms with Crippen LogP contribution in [0.15, 0.2) is 77.7 Å². The minimum absolute atomic E-state index is 0.333. The van der Waals surface area contributed by atoms with Gasteiger partial charge in [-0.05, 0) is 98.3 Å². The summed E-state index contributed by atoms with van der Waals surface area (Å²) in [4.78, 5) is 13.8. The second kappa shape index (κ2) is 10.8. The maximum Gasteiger partial charge on any atom is 0.335 e. The molecule has 0 amide bonds. The second-order valence-electron chi connectivity index (χ2n) is 11.1. The molecule has 2 fully saturated rings. The molecule has 1 aliphatic carbocycles. The lowest BCUT2D eigenvalue weighted by Gasteiger charge is -2.32. The first kappa shape index (κ1) is 26.0. The van der Waals surface area contributed by atoms with Gasteiger partial charge < -0.3 is 10.4 Å². The Labute approximate surface area is 230 Å². The van der Waals surface area contributed by atoms with Crippen LogP contribution in [-0.2, 0) is 23.0 Å². The van der Waals surface area contributed by atoms with Crippen molar-refractivity contribution in [2.75, 3.05) is 30.5 Å². The molecular weight excluding hydrogens is 510 g/mol. The Bertz CT molecular complexity index is 1430. The highest BCUT2D eigenvalue weighted by Gasteiger charge is 2.39. The van der Waals surface area contributed by atoms with E-state index in [0.29, 0.717) is 34.9 Å². The highest BCUT2D eigenvalue weighted by Crippen LogP contribution is 2.44. The minimum atomic E-state index is -3.53. The van der Waals surface area contributed by atoms with Crippen molar-refractivity contribution >= 4 is 21.7 Å². The van der Waals surface area contributed by atoms with Crippen molar-refractivity contribution in [2.45, 2.75) is 49.1 Å². The fourth-order valence-electron chi connectivity index (χ4n) is 6.06. The lowest BCUT2D eigenvalue weighted by atomic mass is 9.96. The number of anilines is 1. The third kappa shape index (κ3) is 5.60. The largest absolute Gasteiger partial charge is 0.478 e. The van der Waals surface area contributed by atoms with Crippen molar-refractivity contribution < 1.29 is 18.3 Å². The quantitative estimate of drug-likeness (QED) is 0.412. The van der Waals surface area contributed by atoms with E-state index >= 15 is 0 Å². The van der Waals surface area contributed by atoms with Crippen LogP contribution in [0.5, 0.6) is 0 Å². The first-order chi connectivity index (χ1) is 18.9. The van der Waals surface area contributed by atoms with E-state index in [2.05, 4.69) is 22.3 Å². The predicted octanol–water partition coefficient (Wildman–Crippen LogP) is 4.49. The van der Waals surface area contributed by atoms with Gasteiger partial charge in [0.25, 0.3) is 10.0 Å². The van der Waals surface area contributed by atoms with Crippen molar-refractivity contribution in [1.29, 1.82) is 0 Å². The summed E-state index contributed by atoms with van der Waals surface area (Å²) in [6.45, 7) is 4.53. The summed E-state index contributed by atoms with van der Waals surface area (Å²) < 4.78 is 27.9. The molecule has 2 aliphatic heterocycles. The lowest BCUT2D eigenvalue weighted by molar-refractivity contribution is 0.0697. The molecule has 3 aromatic rings. The lowest BCUT2D eigenvalue weighted by Crippen LogP contribution is -2.37. The predicted molar refractivity (Wildman–Crippen MR) is 152 cm³/mol. The van der Waals surface area contributed by atoms with Crippen LogP contribution >= 0.6 is 0 Å². The zero-order chi connectivity index (χ0) is 27.0. The maximum atomic E-state index is 13.2. The van der Waals surface area contributed by atoms with Crippen molar-refractivity contribution in [1.82, 2.24) is 10.2 Å². The van der Waals surface area contributed by atoms with Gasteiger partial charge in [-0.25, -0.2) is 13.2 Å². The molecule has 0 spiro atoms. The molecule has 2 N–H and O–H groups in total. The van der Waals surface area contributed by atoms with E-state index in [-0.39, 0.29) is 0 Å². The van der Waals surface area contributed by atoms with Crippen LogP contribution in [0.25, 0.3) is 0 Å². The topological polar surface area (TPSA) is 89.9 Å². The first-order valence-electron chi connectivity index (χ1n) is 13.9. The Morgan fingerprint density at radius 2 is 1.69 bits per heavy atom. The molecule has 1 saturated heterocycles. The van der Waals surface area contributed by atoms with E-state index < -0.39 is 16.0 Å². The molecule has 204 valence electrons. The summed E-state index contributed by atoms with van der Waals surface area (Å²) in [5.41, 5.74) is 4.75. The Kier molecular flexibility index (Phi) is 7.18. The van der Waals surface area contributed by atoms with Crippen molar-refractivity contribution in [3.8, 4) is 0 Å². The van der Waals surface area contributed by atoms with E-state index in [1.165, 1.54) is 18.4 Å². The van der Waals surface area contributed by atoms with Gasteiger partial charge in [-0.1, -0.05) is 42.5 Å². The summed E-state index contributed by atoms with van der Waals surface area (Å²) in [5, 5.41) is 12.9. The fraction of sp³-hybridized carbons (Fsp3) is 0.387. The minimum Gasteiger partial charge on any atom is -0.478 e. The molecule has 3 aromatic carbocycles. The number of sulfonamides is 1. The Balaban J connectivity index is 0.976. The van der Waals surface area contributed by atoms with Gasteiger partial charge in [0.05, 0.1) is 16.1 Å². The number of aromatic carboxylic acids is 1. The van der Waals surface area contributed by atoms with Gasteiger partial charge >= 0.3 is 5.97 Å². The number of nitrogens with zero attached hydrogens (tertiary/aromatic N) is 2. The second-order valence-corrected chi connectivity index (χ2v) is 13.0. The number of hydrogen-bond acceptors (Lipinski definition) is 5. The molecular formula is C31H35N3O4S. The van der Waals surface area contributed by atoms with Crippen LogP contribution in [-0.4, -0.2) is 56.6 Å². The molecule has 3 aliphatic rings. The average molecular weight is 546 g/mol. The van der Waals surface area contributed by atoms with Crippen LogP contribution in [0.4, 0.5) is 5.69 Å². The third-order valence-electron chi connectivity index (χ3n) is 8.49. The summed E-state index contributed by atoms with van der Waals surface area (Å²) in [5.74, 6) is 0.294. The Morgan fingerprint density at radius 3 is 2.41 bits per heavy atom. The number of carbonyl (C=O) groups is 1. The highest BCUT2D eigenvalue weighted by atomic mass is 32.2. The van der Waals surface area contributed by atoms with Gasteiger partial charge in [0.2, 0.25) is 0 Å². The summed E-state index contributed by atoms with van der Waals surface area (Å²) >= 11 is 0. The van der Waals surface area contributed by atoms with Crippen LogP contribution in [0.2, 0.25) is 0 Å². The van der Waals surface area contributed by atoms with Gasteiger partial charge in [0.1, 0.15) is 0 Å². The summed E-state index contributed by atoms with van der Waals surface area (Å²) in [7, 11) is -3.53. The number of carboxylic acid groups (broad SMARTS) is 1. The molecule has 0 radical (unpaired) electrons. The van der Waals surface area contributed by atoms with Gasteiger partial charge in [-0.3, -0.25) is 9.21 Å².